The quantitative estimate of drug-likeness (QED) is 0.519. The van der Waals surface area contributed by atoms with E-state index in [-0.39, 0.29) is 31.0 Å². The molecule has 1 unspecified atom stereocenters. The molecule has 0 radical (unpaired) electrons. The van der Waals surface area contributed by atoms with Crippen molar-refractivity contribution in [3.8, 4) is 11.1 Å². The van der Waals surface area contributed by atoms with Gasteiger partial charge in [-0.05, 0) is 34.1 Å². The molecule has 0 saturated carbocycles. The molecule has 2 aromatic carbocycles. The number of carbonyl (C=O) groups excluding carboxylic acids is 2. The van der Waals surface area contributed by atoms with E-state index in [9.17, 15) is 19.5 Å². The van der Waals surface area contributed by atoms with Crippen LogP contribution in [-0.2, 0) is 19.1 Å². The topological polar surface area (TPSA) is 114 Å². The van der Waals surface area contributed by atoms with Gasteiger partial charge in [0.2, 0.25) is 5.91 Å². The molecule has 3 N–H and O–H groups in total. The number of hydrogen-bond acceptors (Lipinski definition) is 5. The standard InChI is InChI=1S/C26H32N2O6/c1-26(2,3)13-21(24(30)31)27-23(29)22(15-33-4)28-25(32)34-14-20-18-11-7-5-9-16(18)17-10-6-8-12-19(17)20/h5-12,20-22H,13-15H2,1-4H3,(H,27,29)(H,28,32)(H,30,31)/t21?,22-/m0/s1. The van der Waals surface area contributed by atoms with Gasteiger partial charge >= 0.3 is 12.1 Å². The summed E-state index contributed by atoms with van der Waals surface area (Å²) >= 11 is 0. The number of methoxy groups -OCH3 is 1. The lowest BCUT2D eigenvalue weighted by Gasteiger charge is -2.26. The fourth-order valence-corrected chi connectivity index (χ4v) is 4.22. The number of rotatable bonds is 9. The lowest BCUT2D eigenvalue weighted by Crippen LogP contribution is -2.54. The Bertz CT molecular complexity index is 1000. The van der Waals surface area contributed by atoms with Crippen molar-refractivity contribution in [2.24, 2.45) is 5.41 Å². The zero-order valence-electron chi connectivity index (χ0n) is 20.0. The Labute approximate surface area is 199 Å². The van der Waals surface area contributed by atoms with Crippen LogP contribution in [0.5, 0.6) is 0 Å². The Morgan fingerprint density at radius 1 is 0.941 bits per heavy atom. The number of carbonyl (C=O) groups is 3. The van der Waals surface area contributed by atoms with E-state index >= 15 is 0 Å². The number of aliphatic carboxylic acids is 1. The predicted octanol–water partition coefficient (Wildman–Crippen LogP) is 3.55. The van der Waals surface area contributed by atoms with Crippen molar-refractivity contribution in [2.45, 2.75) is 45.2 Å². The van der Waals surface area contributed by atoms with Crippen molar-refractivity contribution in [3.63, 3.8) is 0 Å². The van der Waals surface area contributed by atoms with Gasteiger partial charge < -0.3 is 25.2 Å². The molecule has 0 saturated heterocycles. The highest BCUT2D eigenvalue weighted by Crippen LogP contribution is 2.44. The Balaban J connectivity index is 1.64. The Morgan fingerprint density at radius 2 is 1.50 bits per heavy atom. The minimum Gasteiger partial charge on any atom is -0.480 e. The highest BCUT2D eigenvalue weighted by Gasteiger charge is 2.32. The van der Waals surface area contributed by atoms with E-state index in [1.54, 1.807) is 0 Å². The molecule has 34 heavy (non-hydrogen) atoms. The van der Waals surface area contributed by atoms with Gasteiger partial charge in [-0.25, -0.2) is 9.59 Å². The summed E-state index contributed by atoms with van der Waals surface area (Å²) in [6.45, 7) is 5.63. The molecule has 2 atom stereocenters. The van der Waals surface area contributed by atoms with Crippen LogP contribution in [0.25, 0.3) is 11.1 Å². The number of alkyl carbamates (subject to hydrolysis) is 1. The fraction of sp³-hybridized carbons (Fsp3) is 0.423. The van der Waals surface area contributed by atoms with Crippen LogP contribution >= 0.6 is 0 Å². The lowest BCUT2D eigenvalue weighted by atomic mass is 9.88. The van der Waals surface area contributed by atoms with Crippen molar-refractivity contribution >= 4 is 18.0 Å². The summed E-state index contributed by atoms with van der Waals surface area (Å²) in [4.78, 5) is 36.9. The molecular weight excluding hydrogens is 436 g/mol. The SMILES string of the molecule is COC[C@H](NC(=O)OCC1c2ccccc2-c2ccccc21)C(=O)NC(CC(C)(C)C)C(=O)O. The number of ether oxygens (including phenoxy) is 2. The summed E-state index contributed by atoms with van der Waals surface area (Å²) in [7, 11) is 1.39. The molecule has 0 heterocycles. The average molecular weight is 469 g/mol. The summed E-state index contributed by atoms with van der Waals surface area (Å²) < 4.78 is 10.6. The molecule has 0 spiro atoms. The molecule has 2 amide bonds. The molecule has 0 aromatic heterocycles. The van der Waals surface area contributed by atoms with E-state index in [0.717, 1.165) is 22.3 Å². The minimum absolute atomic E-state index is 0.100. The van der Waals surface area contributed by atoms with Crippen LogP contribution in [0.3, 0.4) is 0 Å². The summed E-state index contributed by atoms with van der Waals surface area (Å²) in [5.74, 6) is -1.90. The summed E-state index contributed by atoms with van der Waals surface area (Å²) in [5.41, 5.74) is 4.07. The van der Waals surface area contributed by atoms with Gasteiger partial charge in [0.05, 0.1) is 6.61 Å². The molecule has 8 heteroatoms. The molecule has 182 valence electrons. The smallest absolute Gasteiger partial charge is 0.407 e. The third-order valence-electron chi connectivity index (χ3n) is 5.72. The molecule has 1 aliphatic carbocycles. The summed E-state index contributed by atoms with van der Waals surface area (Å²) in [5, 5.41) is 14.5. The van der Waals surface area contributed by atoms with E-state index in [2.05, 4.69) is 10.6 Å². The Morgan fingerprint density at radius 3 is 2.00 bits per heavy atom. The summed E-state index contributed by atoms with van der Waals surface area (Å²) in [6, 6.07) is 13.8. The Kier molecular flexibility index (Phi) is 7.94. The van der Waals surface area contributed by atoms with Gasteiger partial charge in [0.1, 0.15) is 18.7 Å². The first-order chi connectivity index (χ1) is 16.1. The van der Waals surface area contributed by atoms with Gasteiger partial charge in [-0.15, -0.1) is 0 Å². The number of hydrogen-bond donors (Lipinski definition) is 3. The van der Waals surface area contributed by atoms with Gasteiger partial charge in [-0.3, -0.25) is 4.79 Å². The third-order valence-corrected chi connectivity index (χ3v) is 5.72. The van der Waals surface area contributed by atoms with Crippen LogP contribution in [0.1, 0.15) is 44.2 Å². The second-order valence-electron chi connectivity index (χ2n) is 9.64. The van der Waals surface area contributed by atoms with Crippen LogP contribution in [0.15, 0.2) is 48.5 Å². The number of fused-ring (bicyclic) bond motifs is 3. The second-order valence-corrected chi connectivity index (χ2v) is 9.64. The molecule has 0 aliphatic heterocycles. The summed E-state index contributed by atoms with van der Waals surface area (Å²) in [6.07, 6.45) is -0.541. The van der Waals surface area contributed by atoms with Crippen molar-refractivity contribution in [2.75, 3.05) is 20.3 Å². The van der Waals surface area contributed by atoms with Crippen LogP contribution in [0.2, 0.25) is 0 Å². The highest BCUT2D eigenvalue weighted by atomic mass is 16.5. The van der Waals surface area contributed by atoms with Crippen molar-refractivity contribution in [3.05, 3.63) is 59.7 Å². The number of benzene rings is 2. The second kappa shape index (κ2) is 10.7. The molecule has 3 rings (SSSR count). The predicted molar refractivity (Wildman–Crippen MR) is 128 cm³/mol. The molecular formula is C26H32N2O6. The van der Waals surface area contributed by atoms with Crippen LogP contribution < -0.4 is 10.6 Å². The van der Waals surface area contributed by atoms with Crippen LogP contribution in [-0.4, -0.2) is 55.5 Å². The van der Waals surface area contributed by atoms with E-state index in [0.29, 0.717) is 0 Å². The molecule has 1 aliphatic rings. The van der Waals surface area contributed by atoms with Crippen molar-refractivity contribution < 1.29 is 29.0 Å². The number of carboxylic acid groups (broad SMARTS) is 1. The maximum absolute atomic E-state index is 12.7. The van der Waals surface area contributed by atoms with E-state index in [1.807, 2.05) is 69.3 Å². The van der Waals surface area contributed by atoms with Crippen LogP contribution in [0.4, 0.5) is 4.79 Å². The molecule has 8 nitrogen and oxygen atoms in total. The Hall–Kier alpha value is -3.39. The first-order valence-electron chi connectivity index (χ1n) is 11.2. The highest BCUT2D eigenvalue weighted by molar-refractivity contribution is 5.89. The van der Waals surface area contributed by atoms with Crippen LogP contribution in [0, 0.1) is 5.41 Å². The average Bonchev–Trinajstić information content (AvgIpc) is 3.09. The van der Waals surface area contributed by atoms with Crippen molar-refractivity contribution in [1.82, 2.24) is 10.6 Å². The zero-order chi connectivity index (χ0) is 24.9. The maximum Gasteiger partial charge on any atom is 0.407 e. The maximum atomic E-state index is 12.7. The fourth-order valence-electron chi connectivity index (χ4n) is 4.22. The molecule has 0 fully saturated rings. The largest absolute Gasteiger partial charge is 0.480 e. The van der Waals surface area contributed by atoms with Gasteiger partial charge in [-0.2, -0.15) is 0 Å². The zero-order valence-corrected chi connectivity index (χ0v) is 20.0. The number of nitrogens with one attached hydrogen (secondary N) is 2. The third kappa shape index (κ3) is 6.14. The van der Waals surface area contributed by atoms with Gasteiger partial charge in [0.25, 0.3) is 0 Å². The normalized spacial score (nSPS) is 14.5. The van der Waals surface area contributed by atoms with Gasteiger partial charge in [-0.1, -0.05) is 69.3 Å². The minimum atomic E-state index is -1.14. The monoisotopic (exact) mass is 468 g/mol. The first kappa shape index (κ1) is 25.2. The van der Waals surface area contributed by atoms with Gasteiger partial charge in [0, 0.05) is 13.0 Å². The number of carboxylic acids is 1. The van der Waals surface area contributed by atoms with Gasteiger partial charge in [0.15, 0.2) is 0 Å². The first-order valence-corrected chi connectivity index (χ1v) is 11.2. The number of amides is 2. The molecule has 0 bridgehead atoms. The van der Waals surface area contributed by atoms with Crippen molar-refractivity contribution in [1.29, 1.82) is 0 Å². The van der Waals surface area contributed by atoms with E-state index in [4.69, 9.17) is 9.47 Å². The lowest BCUT2D eigenvalue weighted by molar-refractivity contribution is -0.143. The van der Waals surface area contributed by atoms with E-state index in [1.165, 1.54) is 7.11 Å². The molecule has 2 aromatic rings. The van der Waals surface area contributed by atoms with E-state index < -0.39 is 30.1 Å².